The van der Waals surface area contributed by atoms with Crippen molar-refractivity contribution < 1.29 is 23.8 Å². The zero-order chi connectivity index (χ0) is 15.4. The summed E-state index contributed by atoms with van der Waals surface area (Å²) in [5.41, 5.74) is -1.16. The van der Waals surface area contributed by atoms with E-state index in [9.17, 15) is 9.59 Å². The second kappa shape index (κ2) is 6.57. The summed E-state index contributed by atoms with van der Waals surface area (Å²) in [6, 6.07) is 0. The van der Waals surface area contributed by atoms with E-state index >= 15 is 0 Å². The highest BCUT2D eigenvalue weighted by molar-refractivity contribution is 5.79. The predicted molar refractivity (Wildman–Crippen MR) is 74.1 cm³/mol. The van der Waals surface area contributed by atoms with Gasteiger partial charge in [0.2, 0.25) is 0 Å². The van der Waals surface area contributed by atoms with Crippen molar-refractivity contribution in [3.63, 3.8) is 0 Å². The van der Waals surface area contributed by atoms with E-state index in [2.05, 4.69) is 0 Å². The molecule has 0 aliphatic carbocycles. The summed E-state index contributed by atoms with van der Waals surface area (Å²) in [4.78, 5) is 23.7. The van der Waals surface area contributed by atoms with Gasteiger partial charge in [-0.05, 0) is 26.2 Å². The van der Waals surface area contributed by atoms with Gasteiger partial charge < -0.3 is 14.2 Å². The van der Waals surface area contributed by atoms with Gasteiger partial charge in [0.1, 0.15) is 5.60 Å². The van der Waals surface area contributed by atoms with Crippen LogP contribution in [0.3, 0.4) is 0 Å². The normalized spacial score (nSPS) is 22.9. The first kappa shape index (κ1) is 17.0. The van der Waals surface area contributed by atoms with Crippen molar-refractivity contribution in [1.29, 1.82) is 0 Å². The minimum absolute atomic E-state index is 0.164. The van der Waals surface area contributed by atoms with Crippen molar-refractivity contribution in [2.24, 2.45) is 11.3 Å². The number of hydrogen-bond donors (Lipinski definition) is 0. The maximum absolute atomic E-state index is 11.9. The van der Waals surface area contributed by atoms with Gasteiger partial charge in [-0.1, -0.05) is 20.8 Å². The molecule has 0 radical (unpaired) electrons. The lowest BCUT2D eigenvalue weighted by molar-refractivity contribution is -0.177. The van der Waals surface area contributed by atoms with Crippen LogP contribution in [-0.4, -0.2) is 37.4 Å². The molecule has 0 saturated carbocycles. The van der Waals surface area contributed by atoms with E-state index in [0.29, 0.717) is 26.1 Å². The van der Waals surface area contributed by atoms with Crippen molar-refractivity contribution in [1.82, 2.24) is 0 Å². The molecule has 1 unspecified atom stereocenters. The zero-order valence-corrected chi connectivity index (χ0v) is 13.2. The van der Waals surface area contributed by atoms with Gasteiger partial charge in [-0.15, -0.1) is 0 Å². The third-order valence-electron chi connectivity index (χ3n) is 4.14. The Morgan fingerprint density at radius 3 is 2.45 bits per heavy atom. The molecule has 0 amide bonds. The topological polar surface area (TPSA) is 61.8 Å². The minimum atomic E-state index is -0.580. The van der Waals surface area contributed by atoms with Crippen LogP contribution in [0.15, 0.2) is 0 Å². The fraction of sp³-hybridized carbons (Fsp3) is 0.867. The van der Waals surface area contributed by atoms with Crippen LogP contribution in [0, 0.1) is 11.3 Å². The highest BCUT2D eigenvalue weighted by Gasteiger charge is 2.42. The molecule has 116 valence electrons. The standard InChI is InChI=1S/C15H26O5/c1-6-14(4,5)13(17)19-9-12(16)20-15(11(2)3)7-8-18-10-15/h11H,6-10H2,1-5H3. The van der Waals surface area contributed by atoms with Crippen LogP contribution in [0.1, 0.15) is 47.5 Å². The van der Waals surface area contributed by atoms with E-state index in [4.69, 9.17) is 14.2 Å². The summed E-state index contributed by atoms with van der Waals surface area (Å²) < 4.78 is 15.9. The molecule has 1 rings (SSSR count). The molecule has 20 heavy (non-hydrogen) atoms. The van der Waals surface area contributed by atoms with Crippen molar-refractivity contribution >= 4 is 11.9 Å². The second-order valence-corrected chi connectivity index (χ2v) is 6.31. The summed E-state index contributed by atoms with van der Waals surface area (Å²) in [7, 11) is 0. The van der Waals surface area contributed by atoms with E-state index < -0.39 is 17.0 Å². The molecule has 5 nitrogen and oxygen atoms in total. The third kappa shape index (κ3) is 3.95. The molecule has 1 saturated heterocycles. The monoisotopic (exact) mass is 286 g/mol. The third-order valence-corrected chi connectivity index (χ3v) is 4.14. The number of rotatable bonds is 6. The van der Waals surface area contributed by atoms with Crippen LogP contribution in [0.4, 0.5) is 0 Å². The zero-order valence-electron chi connectivity index (χ0n) is 13.2. The fourth-order valence-electron chi connectivity index (χ4n) is 1.94. The molecule has 1 aliphatic rings. The van der Waals surface area contributed by atoms with Gasteiger partial charge in [-0.3, -0.25) is 4.79 Å². The van der Waals surface area contributed by atoms with Crippen LogP contribution in [0.2, 0.25) is 0 Å². The van der Waals surface area contributed by atoms with Crippen molar-refractivity contribution in [3.05, 3.63) is 0 Å². The molecule has 0 spiro atoms. The highest BCUT2D eigenvalue weighted by atomic mass is 16.6. The molecule has 0 aromatic rings. The SMILES string of the molecule is CCC(C)(C)C(=O)OCC(=O)OC1(C(C)C)CCOC1. The Hall–Kier alpha value is -1.10. The predicted octanol–water partition coefficient (Wildman–Crippen LogP) is 2.32. The van der Waals surface area contributed by atoms with Crippen molar-refractivity contribution in [2.45, 2.75) is 53.1 Å². The van der Waals surface area contributed by atoms with Gasteiger partial charge in [0.05, 0.1) is 18.6 Å². The lowest BCUT2D eigenvalue weighted by Crippen LogP contribution is -2.42. The largest absolute Gasteiger partial charge is 0.454 e. The van der Waals surface area contributed by atoms with Crippen LogP contribution in [-0.2, 0) is 23.8 Å². The van der Waals surface area contributed by atoms with E-state index in [-0.39, 0.29) is 18.5 Å². The summed E-state index contributed by atoms with van der Waals surface area (Å²) in [6.45, 7) is 10.1. The van der Waals surface area contributed by atoms with E-state index in [1.807, 2.05) is 20.8 Å². The van der Waals surface area contributed by atoms with Gasteiger partial charge in [0.15, 0.2) is 6.61 Å². The molecular formula is C15H26O5. The van der Waals surface area contributed by atoms with Crippen molar-refractivity contribution in [2.75, 3.05) is 19.8 Å². The first-order chi connectivity index (χ1) is 9.23. The molecule has 0 N–H and O–H groups in total. The maximum atomic E-state index is 11.9. The maximum Gasteiger partial charge on any atom is 0.344 e. The summed E-state index contributed by atoms with van der Waals surface area (Å²) in [6.07, 6.45) is 1.34. The number of carbonyl (C=O) groups excluding carboxylic acids is 2. The summed E-state index contributed by atoms with van der Waals surface area (Å²) in [5, 5.41) is 0. The van der Waals surface area contributed by atoms with Gasteiger partial charge in [-0.25, -0.2) is 4.79 Å². The lowest BCUT2D eigenvalue weighted by Gasteiger charge is -2.31. The number of ether oxygens (including phenoxy) is 3. The number of hydrogen-bond acceptors (Lipinski definition) is 5. The Morgan fingerprint density at radius 1 is 1.35 bits per heavy atom. The average Bonchev–Trinajstić information content (AvgIpc) is 2.85. The highest BCUT2D eigenvalue weighted by Crippen LogP contribution is 2.31. The molecule has 0 aromatic heterocycles. The Labute approximate surface area is 121 Å². The average molecular weight is 286 g/mol. The Morgan fingerprint density at radius 2 is 2.00 bits per heavy atom. The van der Waals surface area contributed by atoms with E-state index in [1.165, 1.54) is 0 Å². The molecule has 1 heterocycles. The van der Waals surface area contributed by atoms with E-state index in [0.717, 1.165) is 0 Å². The molecule has 0 aromatic carbocycles. The Bertz CT molecular complexity index is 353. The Balaban J connectivity index is 2.50. The summed E-state index contributed by atoms with van der Waals surface area (Å²) in [5.74, 6) is -0.723. The van der Waals surface area contributed by atoms with Gasteiger partial charge in [0, 0.05) is 6.42 Å². The number of esters is 2. The Kier molecular flexibility index (Phi) is 5.57. The molecule has 1 atom stereocenters. The van der Waals surface area contributed by atoms with Crippen LogP contribution in [0.25, 0.3) is 0 Å². The van der Waals surface area contributed by atoms with Crippen molar-refractivity contribution in [3.8, 4) is 0 Å². The van der Waals surface area contributed by atoms with Crippen LogP contribution in [0.5, 0.6) is 0 Å². The van der Waals surface area contributed by atoms with E-state index in [1.54, 1.807) is 13.8 Å². The molecule has 1 fully saturated rings. The molecular weight excluding hydrogens is 260 g/mol. The molecule has 5 heteroatoms. The first-order valence-corrected chi connectivity index (χ1v) is 7.20. The van der Waals surface area contributed by atoms with Gasteiger partial charge in [-0.2, -0.15) is 0 Å². The quantitative estimate of drug-likeness (QED) is 0.701. The smallest absolute Gasteiger partial charge is 0.344 e. The van der Waals surface area contributed by atoms with Crippen LogP contribution < -0.4 is 0 Å². The fourth-order valence-corrected chi connectivity index (χ4v) is 1.94. The minimum Gasteiger partial charge on any atom is -0.454 e. The summed E-state index contributed by atoms with van der Waals surface area (Å²) >= 11 is 0. The molecule has 1 aliphatic heterocycles. The first-order valence-electron chi connectivity index (χ1n) is 7.20. The lowest BCUT2D eigenvalue weighted by atomic mass is 9.89. The molecule has 0 bridgehead atoms. The number of carbonyl (C=O) groups is 2. The van der Waals surface area contributed by atoms with Gasteiger partial charge >= 0.3 is 11.9 Å². The van der Waals surface area contributed by atoms with Crippen LogP contribution >= 0.6 is 0 Å². The van der Waals surface area contributed by atoms with Gasteiger partial charge in [0.25, 0.3) is 0 Å². The second-order valence-electron chi connectivity index (χ2n) is 6.31.